The molecule has 8 rings (SSSR count). The number of aromatic hydroxyl groups is 1. The molecule has 0 saturated carbocycles. The number of hydrogen-bond donors (Lipinski definition) is 1. The Bertz CT molecular complexity index is 3430. The highest BCUT2D eigenvalue weighted by molar-refractivity contribution is 5.98. The number of nitrogens with zero attached hydrogens (tertiary/aromatic N) is 3. The fourth-order valence-corrected chi connectivity index (χ4v) is 8.20. The van der Waals surface area contributed by atoms with Gasteiger partial charge in [-0.25, -0.2) is 4.98 Å². The van der Waals surface area contributed by atoms with Crippen LogP contribution in [0.3, 0.4) is 0 Å². The van der Waals surface area contributed by atoms with Crippen LogP contribution in [0.25, 0.3) is 72.7 Å². The lowest BCUT2D eigenvalue weighted by Gasteiger charge is -2.40. The van der Waals surface area contributed by atoms with Gasteiger partial charge in [0.2, 0.25) is 0 Å². The van der Waals surface area contributed by atoms with Crippen LogP contribution in [-0.4, -0.2) is 19.6 Å². The van der Waals surface area contributed by atoms with Gasteiger partial charge in [0, 0.05) is 29.7 Å². The van der Waals surface area contributed by atoms with Crippen LogP contribution in [0.4, 0.5) is 0 Å². The maximum Gasteiger partial charge on any atom is 0.149 e. The van der Waals surface area contributed by atoms with Crippen molar-refractivity contribution in [3.05, 3.63) is 167 Å². The molecule has 326 valence electrons. The zero-order valence-corrected chi connectivity index (χ0v) is 39.3. The third-order valence-corrected chi connectivity index (χ3v) is 13.2. The molecule has 0 fully saturated rings. The summed E-state index contributed by atoms with van der Waals surface area (Å²) in [6.07, 6.45) is 1.55. The lowest BCUT2D eigenvalue weighted by atomic mass is 9.65. The van der Waals surface area contributed by atoms with Gasteiger partial charge in [0.1, 0.15) is 11.6 Å². The van der Waals surface area contributed by atoms with Crippen LogP contribution >= 0.6 is 0 Å². The molecule has 0 radical (unpaired) electrons. The molecule has 0 atom stereocenters. The highest BCUT2D eigenvalue weighted by Crippen LogP contribution is 2.47. The molecule has 0 aliphatic rings. The maximum absolute atomic E-state index is 12.5. The van der Waals surface area contributed by atoms with Gasteiger partial charge in [0.25, 0.3) is 0 Å². The van der Waals surface area contributed by atoms with E-state index in [0.717, 1.165) is 44.6 Å². The summed E-state index contributed by atoms with van der Waals surface area (Å²) in [5.74, 6) is -1.97. The Balaban J connectivity index is 1.45. The van der Waals surface area contributed by atoms with Gasteiger partial charge in [0.05, 0.1) is 33.5 Å². The van der Waals surface area contributed by atoms with Gasteiger partial charge >= 0.3 is 0 Å². The van der Waals surface area contributed by atoms with Crippen molar-refractivity contribution in [3.63, 3.8) is 0 Å². The van der Waals surface area contributed by atoms with Gasteiger partial charge in [-0.05, 0) is 128 Å². The summed E-state index contributed by atoms with van der Waals surface area (Å²) >= 11 is 0. The van der Waals surface area contributed by atoms with Crippen molar-refractivity contribution in [1.82, 2.24) is 14.5 Å². The summed E-state index contributed by atoms with van der Waals surface area (Å²) in [5.41, 5.74) is 9.50. The Kier molecular flexibility index (Phi) is 8.92. The normalized spacial score (nSPS) is 15.0. The Hall–Kier alpha value is -6.26. The van der Waals surface area contributed by atoms with Crippen LogP contribution in [0.5, 0.6) is 5.75 Å². The first-order valence-electron chi connectivity index (χ1n) is 26.6. The largest absolute Gasteiger partial charge is 0.507 e. The van der Waals surface area contributed by atoms with E-state index in [-0.39, 0.29) is 27.6 Å². The standard InChI is InChI=1S/C60H65N3O/c1-37(2)43-33-49(38(3)4)56(64)51(34-43)57-62-55-48(44-30-45(32-47(31-44)58(6,7)8)52-35-42(28-29-61-52)40-24-22-39(5)23-25-40)20-17-21-54(55)63(57)53-27-26-46(60(12,13)59(9,10)11)36-50(53)41-18-15-14-16-19-41/h14-38,64H,1-13H3/i5D3,22D,23D,24D,25D,37D,38D. The topological polar surface area (TPSA) is 50.9 Å². The van der Waals surface area contributed by atoms with E-state index in [0.29, 0.717) is 44.9 Å². The van der Waals surface area contributed by atoms with Gasteiger partial charge in [-0.3, -0.25) is 9.55 Å². The third-order valence-electron chi connectivity index (χ3n) is 13.2. The predicted molar refractivity (Wildman–Crippen MR) is 272 cm³/mol. The third kappa shape index (κ3) is 8.31. The number of pyridine rings is 1. The molecule has 0 unspecified atom stereocenters. The maximum atomic E-state index is 12.5. The van der Waals surface area contributed by atoms with Crippen LogP contribution in [-0.2, 0) is 10.8 Å². The van der Waals surface area contributed by atoms with E-state index in [1.807, 2.05) is 48.5 Å². The summed E-state index contributed by atoms with van der Waals surface area (Å²) in [5, 5.41) is 12.5. The molecule has 0 amide bonds. The van der Waals surface area contributed by atoms with Gasteiger partial charge in [0.15, 0.2) is 0 Å². The first kappa shape index (κ1) is 34.2. The Morgan fingerprint density at radius 3 is 2.00 bits per heavy atom. The van der Waals surface area contributed by atoms with Crippen molar-refractivity contribution in [2.45, 2.75) is 113 Å². The van der Waals surface area contributed by atoms with Crippen LogP contribution in [0.15, 0.2) is 140 Å². The molecule has 1 N–H and O–H groups in total. The highest BCUT2D eigenvalue weighted by atomic mass is 16.3. The zero-order chi connectivity index (χ0) is 53.7. The average Bonchev–Trinajstić information content (AvgIpc) is 3.69. The van der Waals surface area contributed by atoms with Crippen LogP contribution in [0.1, 0.15) is 135 Å². The minimum Gasteiger partial charge on any atom is -0.507 e. The van der Waals surface area contributed by atoms with E-state index in [9.17, 15) is 7.85 Å². The number of rotatable bonds is 9. The molecule has 8 aromatic rings. The number of hydrogen-bond acceptors (Lipinski definition) is 3. The average molecular weight is 853 g/mol. The summed E-state index contributed by atoms with van der Waals surface area (Å²) < 4.78 is 79.3. The smallest absolute Gasteiger partial charge is 0.149 e. The lowest BCUT2D eigenvalue weighted by molar-refractivity contribution is 0.225. The Morgan fingerprint density at radius 2 is 1.34 bits per heavy atom. The highest BCUT2D eigenvalue weighted by Gasteiger charge is 2.35. The molecular weight excluding hydrogens is 779 g/mol. The molecule has 2 aromatic heterocycles. The molecule has 0 spiro atoms. The number of phenolic OH excluding ortho intramolecular Hbond substituents is 1. The monoisotopic (exact) mass is 853 g/mol. The fraction of sp³-hybridized carbons (Fsp3) is 0.300. The van der Waals surface area contributed by atoms with Gasteiger partial charge in [-0.15, -0.1) is 0 Å². The minimum atomic E-state index is -2.84. The van der Waals surface area contributed by atoms with Crippen molar-refractivity contribution in [1.29, 1.82) is 0 Å². The summed E-state index contributed by atoms with van der Waals surface area (Å²) in [6.45, 7) is 21.9. The molecule has 0 saturated heterocycles. The minimum absolute atomic E-state index is 0.0235. The second-order valence-corrected chi connectivity index (χ2v) is 20.1. The van der Waals surface area contributed by atoms with Gasteiger partial charge in [-0.2, -0.15) is 0 Å². The lowest BCUT2D eigenvalue weighted by Crippen LogP contribution is -2.34. The van der Waals surface area contributed by atoms with Crippen molar-refractivity contribution in [2.24, 2.45) is 5.41 Å². The first-order chi connectivity index (χ1) is 33.7. The molecule has 6 aromatic carbocycles. The fourth-order valence-electron chi connectivity index (χ4n) is 8.20. The first-order valence-corrected chi connectivity index (χ1v) is 22.1. The Morgan fingerprint density at radius 1 is 0.625 bits per heavy atom. The quantitative estimate of drug-likeness (QED) is 0.157. The summed E-state index contributed by atoms with van der Waals surface area (Å²) in [4.78, 5) is 10.3. The van der Waals surface area contributed by atoms with Crippen LogP contribution < -0.4 is 0 Å². The van der Waals surface area contributed by atoms with Crippen LogP contribution in [0, 0.1) is 12.3 Å². The second kappa shape index (κ2) is 16.7. The summed E-state index contributed by atoms with van der Waals surface area (Å²) in [7, 11) is 0. The molecule has 4 heteroatoms. The Labute approximate surface area is 394 Å². The molecular formula is C60H65N3O. The molecule has 2 heterocycles. The van der Waals surface area contributed by atoms with Crippen molar-refractivity contribution in [3.8, 4) is 67.5 Å². The summed E-state index contributed by atoms with van der Waals surface area (Å²) in [6, 6.07) is 33.9. The number of imidazole rings is 1. The van der Waals surface area contributed by atoms with E-state index in [2.05, 4.69) is 102 Å². The molecule has 0 aliphatic heterocycles. The molecule has 0 aliphatic carbocycles. The van der Waals surface area contributed by atoms with Gasteiger partial charge < -0.3 is 5.11 Å². The predicted octanol–water partition coefficient (Wildman–Crippen LogP) is 16.6. The zero-order valence-electron chi connectivity index (χ0n) is 48.3. The van der Waals surface area contributed by atoms with E-state index in [1.54, 1.807) is 52.1 Å². The van der Waals surface area contributed by atoms with E-state index in [1.165, 1.54) is 0 Å². The second-order valence-electron chi connectivity index (χ2n) is 20.1. The number of fused-ring (bicyclic) bond motifs is 1. The molecule has 64 heavy (non-hydrogen) atoms. The van der Waals surface area contributed by atoms with E-state index in [4.69, 9.17) is 19.6 Å². The van der Waals surface area contributed by atoms with Crippen LogP contribution in [0.2, 0.25) is 0 Å². The number of benzene rings is 6. The van der Waals surface area contributed by atoms with E-state index < -0.39 is 48.4 Å². The molecule has 4 nitrogen and oxygen atoms in total. The molecule has 0 bridgehead atoms. The number of phenols is 1. The number of aromatic nitrogens is 3. The van der Waals surface area contributed by atoms with Crippen molar-refractivity contribution < 1.29 is 17.4 Å². The SMILES string of the molecule is [2H]c1c([2H])c(C([2H])([2H])[2H])c([2H])c([2H])c1-c1ccnc(-c2cc(-c3cccc4c3nc(-c3cc(C([2H])(C)C)cc(C([2H])(C)C)c3O)n4-c3ccc(C(C)(C)C(C)(C)C)cc3-c3ccccc3)cc(C(C)(C)C)c2)c1. The number of para-hydroxylation sites is 1. The van der Waals surface area contributed by atoms with Gasteiger partial charge in [-0.1, -0.05) is 173 Å². The van der Waals surface area contributed by atoms with E-state index >= 15 is 0 Å². The van der Waals surface area contributed by atoms with Crippen molar-refractivity contribution >= 4 is 11.0 Å². The van der Waals surface area contributed by atoms with Crippen molar-refractivity contribution in [2.75, 3.05) is 0 Å².